The first kappa shape index (κ1) is 38.0. The van der Waals surface area contributed by atoms with Crippen molar-refractivity contribution in [3.8, 4) is 0 Å². The fraction of sp³-hybridized carbons (Fsp3) is 0.703. The van der Waals surface area contributed by atoms with E-state index in [0.29, 0.717) is 13.2 Å². The quantitative estimate of drug-likeness (QED) is 0.0522. The smallest absolute Gasteiger partial charge is 0.434 e. The summed E-state index contributed by atoms with van der Waals surface area (Å²) in [4.78, 5) is 11.7. The molecular formula is C37H64O3. The van der Waals surface area contributed by atoms with Crippen molar-refractivity contribution in [1.82, 2.24) is 0 Å². The fourth-order valence-corrected chi connectivity index (χ4v) is 4.27. The van der Waals surface area contributed by atoms with Crippen molar-refractivity contribution in [3.63, 3.8) is 0 Å². The molecule has 0 saturated heterocycles. The minimum Gasteiger partial charge on any atom is -0.434 e. The van der Waals surface area contributed by atoms with Crippen LogP contribution in [0.2, 0.25) is 0 Å². The number of carbonyl (C=O) groups is 1. The van der Waals surface area contributed by atoms with Gasteiger partial charge < -0.3 is 9.47 Å². The highest BCUT2D eigenvalue weighted by Gasteiger charge is 2.02. The van der Waals surface area contributed by atoms with Gasteiger partial charge in [-0.25, -0.2) is 4.79 Å². The van der Waals surface area contributed by atoms with Crippen LogP contribution < -0.4 is 0 Å². The summed E-state index contributed by atoms with van der Waals surface area (Å²) >= 11 is 0. The van der Waals surface area contributed by atoms with Crippen molar-refractivity contribution in [2.24, 2.45) is 0 Å². The topological polar surface area (TPSA) is 35.5 Å². The third-order valence-corrected chi connectivity index (χ3v) is 6.82. The molecule has 0 saturated carbocycles. The molecule has 0 atom stereocenters. The predicted molar refractivity (Wildman–Crippen MR) is 176 cm³/mol. The largest absolute Gasteiger partial charge is 0.508 e. The monoisotopic (exact) mass is 556 g/mol. The summed E-state index contributed by atoms with van der Waals surface area (Å²) < 4.78 is 10.4. The molecule has 0 N–H and O–H groups in total. The van der Waals surface area contributed by atoms with E-state index in [2.05, 4.69) is 74.6 Å². The predicted octanol–water partition coefficient (Wildman–Crippen LogP) is 12.5. The van der Waals surface area contributed by atoms with E-state index in [0.717, 1.165) is 51.4 Å². The van der Waals surface area contributed by atoms with Crippen LogP contribution in [-0.4, -0.2) is 19.4 Å². The highest BCUT2D eigenvalue weighted by atomic mass is 16.7. The van der Waals surface area contributed by atoms with Crippen molar-refractivity contribution in [2.45, 2.75) is 155 Å². The molecular weight excluding hydrogens is 492 g/mol. The van der Waals surface area contributed by atoms with Crippen molar-refractivity contribution >= 4 is 6.16 Å². The van der Waals surface area contributed by atoms with E-state index < -0.39 is 6.16 Å². The summed E-state index contributed by atoms with van der Waals surface area (Å²) in [7, 11) is 0. The van der Waals surface area contributed by atoms with E-state index in [1.165, 1.54) is 89.9 Å². The molecule has 0 aliphatic rings. The Morgan fingerprint density at radius 2 is 0.700 bits per heavy atom. The van der Waals surface area contributed by atoms with Crippen molar-refractivity contribution < 1.29 is 14.3 Å². The Kier molecular flexibility index (Phi) is 33.2. The van der Waals surface area contributed by atoms with E-state index in [1.54, 1.807) is 0 Å². The number of allylic oxidation sites excluding steroid dienone is 10. The van der Waals surface area contributed by atoms with Gasteiger partial charge in [-0.05, 0) is 83.5 Å². The van der Waals surface area contributed by atoms with E-state index >= 15 is 0 Å². The number of hydrogen-bond acceptors (Lipinski definition) is 3. The van der Waals surface area contributed by atoms with Crippen LogP contribution in [0.3, 0.4) is 0 Å². The SMILES string of the molecule is CCCCCC=CCC=CCC=CCC=CCCCCOC(=O)OCCCCCCCCC=CCCCCCC. The average Bonchev–Trinajstić information content (AvgIpc) is 2.96. The number of ether oxygens (including phenoxy) is 2. The van der Waals surface area contributed by atoms with Crippen LogP contribution >= 0.6 is 0 Å². The van der Waals surface area contributed by atoms with Gasteiger partial charge in [0.05, 0.1) is 13.2 Å². The van der Waals surface area contributed by atoms with Crippen LogP contribution in [0.25, 0.3) is 0 Å². The minimum absolute atomic E-state index is 0.444. The van der Waals surface area contributed by atoms with Gasteiger partial charge in [-0.1, -0.05) is 132 Å². The van der Waals surface area contributed by atoms with Crippen LogP contribution in [0.5, 0.6) is 0 Å². The number of rotatable bonds is 29. The Morgan fingerprint density at radius 1 is 0.400 bits per heavy atom. The second-order valence-corrected chi connectivity index (χ2v) is 10.8. The summed E-state index contributed by atoms with van der Waals surface area (Å²) in [6, 6.07) is 0. The molecule has 0 bridgehead atoms. The summed E-state index contributed by atoms with van der Waals surface area (Å²) in [6.07, 6.45) is 48.2. The van der Waals surface area contributed by atoms with Gasteiger partial charge in [0.1, 0.15) is 0 Å². The standard InChI is InChI=1S/C37H64O3/c1-3-5-7-9-11-13-15-17-19-20-21-22-24-26-28-30-32-34-36-40-37(38)39-35-33-31-29-27-25-23-18-16-14-12-10-8-6-4-2/h11,13-14,16-17,19,21-22,26,28H,3-10,12,15,18,20,23-25,27,29-36H2,1-2H3. The highest BCUT2D eigenvalue weighted by Crippen LogP contribution is 2.09. The number of hydrogen-bond donors (Lipinski definition) is 0. The molecule has 0 fully saturated rings. The Bertz CT molecular complexity index is 656. The van der Waals surface area contributed by atoms with Gasteiger partial charge in [-0.2, -0.15) is 0 Å². The first-order valence-corrected chi connectivity index (χ1v) is 16.9. The first-order valence-electron chi connectivity index (χ1n) is 16.9. The Balaban J connectivity index is 3.36. The van der Waals surface area contributed by atoms with Crippen molar-refractivity contribution in [1.29, 1.82) is 0 Å². The van der Waals surface area contributed by atoms with Gasteiger partial charge >= 0.3 is 6.16 Å². The highest BCUT2D eigenvalue weighted by molar-refractivity contribution is 5.59. The molecule has 0 aromatic carbocycles. The summed E-state index contributed by atoms with van der Waals surface area (Å²) in [5, 5.41) is 0. The summed E-state index contributed by atoms with van der Waals surface area (Å²) in [5.41, 5.74) is 0. The Hall–Kier alpha value is -2.03. The molecule has 0 aromatic heterocycles. The minimum atomic E-state index is -0.515. The number of unbranched alkanes of at least 4 members (excludes halogenated alkanes) is 15. The van der Waals surface area contributed by atoms with Crippen LogP contribution in [-0.2, 0) is 9.47 Å². The van der Waals surface area contributed by atoms with Gasteiger partial charge in [-0.3, -0.25) is 0 Å². The molecule has 0 spiro atoms. The van der Waals surface area contributed by atoms with Gasteiger partial charge in [-0.15, -0.1) is 0 Å². The van der Waals surface area contributed by atoms with E-state index in [9.17, 15) is 4.79 Å². The average molecular weight is 557 g/mol. The Morgan fingerprint density at radius 3 is 1.20 bits per heavy atom. The molecule has 0 aliphatic heterocycles. The zero-order chi connectivity index (χ0) is 29.0. The lowest BCUT2D eigenvalue weighted by Crippen LogP contribution is -2.09. The fourth-order valence-electron chi connectivity index (χ4n) is 4.27. The molecule has 0 radical (unpaired) electrons. The van der Waals surface area contributed by atoms with E-state index in [-0.39, 0.29) is 0 Å². The van der Waals surface area contributed by atoms with Crippen LogP contribution in [0.4, 0.5) is 4.79 Å². The van der Waals surface area contributed by atoms with Crippen LogP contribution in [0.1, 0.15) is 155 Å². The molecule has 3 heteroatoms. The van der Waals surface area contributed by atoms with Crippen molar-refractivity contribution in [2.75, 3.05) is 13.2 Å². The molecule has 0 heterocycles. The van der Waals surface area contributed by atoms with Gasteiger partial charge in [0.15, 0.2) is 0 Å². The molecule has 230 valence electrons. The van der Waals surface area contributed by atoms with Gasteiger partial charge in [0.25, 0.3) is 0 Å². The maximum Gasteiger partial charge on any atom is 0.508 e. The van der Waals surface area contributed by atoms with E-state index in [4.69, 9.17) is 9.47 Å². The molecule has 0 amide bonds. The molecule has 0 unspecified atom stereocenters. The first-order chi connectivity index (χ1) is 19.8. The molecule has 0 aliphatic carbocycles. The number of carbonyl (C=O) groups excluding carboxylic acids is 1. The normalized spacial score (nSPS) is 12.2. The third kappa shape index (κ3) is 34.0. The summed E-state index contributed by atoms with van der Waals surface area (Å²) in [6.45, 7) is 5.42. The van der Waals surface area contributed by atoms with Gasteiger partial charge in [0, 0.05) is 0 Å². The zero-order valence-electron chi connectivity index (χ0n) is 26.5. The maximum absolute atomic E-state index is 11.7. The lowest BCUT2D eigenvalue weighted by molar-refractivity contribution is 0.0530. The molecule has 3 nitrogen and oxygen atoms in total. The van der Waals surface area contributed by atoms with Gasteiger partial charge in [0.2, 0.25) is 0 Å². The van der Waals surface area contributed by atoms with Crippen LogP contribution in [0, 0.1) is 0 Å². The molecule has 40 heavy (non-hydrogen) atoms. The molecule has 0 rings (SSSR count). The summed E-state index contributed by atoms with van der Waals surface area (Å²) in [5.74, 6) is 0. The van der Waals surface area contributed by atoms with E-state index in [1.807, 2.05) is 0 Å². The third-order valence-electron chi connectivity index (χ3n) is 6.82. The maximum atomic E-state index is 11.7. The Labute approximate surface area is 249 Å². The van der Waals surface area contributed by atoms with Crippen LogP contribution in [0.15, 0.2) is 60.8 Å². The lowest BCUT2D eigenvalue weighted by atomic mass is 10.1. The zero-order valence-corrected chi connectivity index (χ0v) is 26.5. The van der Waals surface area contributed by atoms with Crippen molar-refractivity contribution in [3.05, 3.63) is 60.8 Å². The second-order valence-electron chi connectivity index (χ2n) is 10.8. The second kappa shape index (κ2) is 35.0. The lowest BCUT2D eigenvalue weighted by Gasteiger charge is -2.06. The molecule has 0 aromatic rings.